The number of rotatable bonds is 4. The van der Waals surface area contributed by atoms with Crippen LogP contribution in [0.2, 0.25) is 0 Å². The molecule has 1 unspecified atom stereocenters. The smallest absolute Gasteiger partial charge is 0.162 e. The zero-order valence-corrected chi connectivity index (χ0v) is 13.0. The zero-order chi connectivity index (χ0) is 14.0. The number of nitrogens with one attached hydrogen (secondary N) is 1. The van der Waals surface area contributed by atoms with Gasteiger partial charge in [0.05, 0.1) is 0 Å². The van der Waals surface area contributed by atoms with Gasteiger partial charge in [0.1, 0.15) is 0 Å². The van der Waals surface area contributed by atoms with Crippen LogP contribution >= 0.6 is 27.3 Å². The lowest BCUT2D eigenvalue weighted by atomic mass is 10.0. The molecule has 2 aromatic rings. The van der Waals surface area contributed by atoms with Crippen LogP contribution < -0.4 is 5.32 Å². The highest BCUT2D eigenvalue weighted by atomic mass is 79.9. The van der Waals surface area contributed by atoms with Gasteiger partial charge in [0.25, 0.3) is 0 Å². The minimum Gasteiger partial charge on any atom is -0.312 e. The van der Waals surface area contributed by atoms with E-state index in [1.807, 2.05) is 20.0 Å². The van der Waals surface area contributed by atoms with Crippen molar-refractivity contribution in [3.63, 3.8) is 0 Å². The molecule has 5 heteroatoms. The third-order valence-electron chi connectivity index (χ3n) is 2.96. The third-order valence-corrected chi connectivity index (χ3v) is 5.04. The number of likely N-dealkylation sites (N-methyl/N-ethyl adjacent to an activating group) is 1. The summed E-state index contributed by atoms with van der Waals surface area (Å²) < 4.78 is 27.9. The first-order chi connectivity index (χ1) is 9.02. The number of benzene rings is 1. The lowest BCUT2D eigenvalue weighted by Gasteiger charge is -2.16. The van der Waals surface area contributed by atoms with Crippen LogP contribution in [0.4, 0.5) is 8.78 Å². The third kappa shape index (κ3) is 3.22. The number of hydrogen-bond donors (Lipinski definition) is 1. The molecule has 1 heterocycles. The fourth-order valence-corrected chi connectivity index (χ4v) is 4.03. The molecule has 0 radical (unpaired) electrons. The van der Waals surface area contributed by atoms with E-state index < -0.39 is 11.6 Å². The van der Waals surface area contributed by atoms with Crippen LogP contribution in [0.5, 0.6) is 0 Å². The minimum atomic E-state index is -0.797. The molecule has 0 amide bonds. The minimum absolute atomic E-state index is 0.0376. The van der Waals surface area contributed by atoms with E-state index in [1.165, 1.54) is 10.9 Å². The maximum atomic E-state index is 13.7. The molecular weight excluding hydrogens is 332 g/mol. The summed E-state index contributed by atoms with van der Waals surface area (Å²) in [5.41, 5.74) is 0.386. The molecule has 102 valence electrons. The summed E-state index contributed by atoms with van der Waals surface area (Å²) in [5.74, 6) is -1.55. The van der Waals surface area contributed by atoms with Gasteiger partial charge in [-0.05, 0) is 54.0 Å². The molecule has 1 atom stereocenters. The molecule has 19 heavy (non-hydrogen) atoms. The molecular formula is C14H14BrF2NS. The summed E-state index contributed by atoms with van der Waals surface area (Å²) >= 11 is 5.16. The Morgan fingerprint density at radius 2 is 2.11 bits per heavy atom. The first-order valence-corrected chi connectivity index (χ1v) is 7.50. The fraction of sp³-hybridized carbons (Fsp3) is 0.286. The highest BCUT2D eigenvalue weighted by Gasteiger charge is 2.18. The van der Waals surface area contributed by atoms with Gasteiger partial charge in [0, 0.05) is 20.3 Å². The van der Waals surface area contributed by atoms with Crippen molar-refractivity contribution in [3.05, 3.63) is 55.7 Å². The summed E-state index contributed by atoms with van der Waals surface area (Å²) in [7, 11) is 1.82. The maximum absolute atomic E-state index is 13.7. The Kier molecular flexibility index (Phi) is 4.71. The molecule has 0 saturated heterocycles. The lowest BCUT2D eigenvalue weighted by molar-refractivity contribution is 0.488. The molecule has 0 spiro atoms. The molecule has 0 saturated carbocycles. The van der Waals surface area contributed by atoms with Crippen molar-refractivity contribution in [1.29, 1.82) is 0 Å². The second-order valence-corrected chi connectivity index (χ2v) is 6.47. The second kappa shape index (κ2) is 6.11. The molecule has 0 fully saturated rings. The van der Waals surface area contributed by atoms with Gasteiger partial charge in [-0.2, -0.15) is 0 Å². The fourth-order valence-electron chi connectivity index (χ4n) is 1.99. The van der Waals surface area contributed by atoms with Crippen LogP contribution in [-0.4, -0.2) is 7.05 Å². The van der Waals surface area contributed by atoms with E-state index >= 15 is 0 Å². The second-order valence-electron chi connectivity index (χ2n) is 4.33. The zero-order valence-electron chi connectivity index (χ0n) is 10.6. The Bertz CT molecular complexity index is 583. The Morgan fingerprint density at radius 1 is 1.37 bits per heavy atom. The highest BCUT2D eigenvalue weighted by molar-refractivity contribution is 9.10. The van der Waals surface area contributed by atoms with E-state index in [2.05, 4.69) is 21.2 Å². The number of hydrogen-bond acceptors (Lipinski definition) is 2. The molecule has 0 aliphatic heterocycles. The van der Waals surface area contributed by atoms with Crippen LogP contribution in [0, 0.1) is 18.6 Å². The predicted molar refractivity (Wildman–Crippen MR) is 78.6 cm³/mol. The van der Waals surface area contributed by atoms with Gasteiger partial charge in [0.15, 0.2) is 11.6 Å². The van der Waals surface area contributed by atoms with Crippen LogP contribution in [-0.2, 0) is 6.42 Å². The van der Waals surface area contributed by atoms with Crippen molar-refractivity contribution in [2.75, 3.05) is 7.05 Å². The normalized spacial score (nSPS) is 12.7. The average molecular weight is 346 g/mol. The van der Waals surface area contributed by atoms with Crippen LogP contribution in [0.15, 0.2) is 28.7 Å². The van der Waals surface area contributed by atoms with Gasteiger partial charge < -0.3 is 5.32 Å². The summed E-state index contributed by atoms with van der Waals surface area (Å²) in [5, 5.41) is 3.16. The molecule has 1 aromatic heterocycles. The SMILES string of the molecule is CNC(Cc1cccc(F)c1F)c1sc(C)cc1Br. The van der Waals surface area contributed by atoms with Crippen LogP contribution in [0.3, 0.4) is 0 Å². The molecule has 1 nitrogen and oxygen atoms in total. The summed E-state index contributed by atoms with van der Waals surface area (Å²) in [6.07, 6.45) is 0.415. The quantitative estimate of drug-likeness (QED) is 0.853. The Balaban J connectivity index is 2.29. The standard InChI is InChI=1S/C14H14BrF2NS/c1-8-6-10(15)14(19-8)12(18-2)7-9-4-3-5-11(16)13(9)17/h3-6,12,18H,7H2,1-2H3. The number of halogens is 3. The first-order valence-electron chi connectivity index (χ1n) is 5.89. The van der Waals surface area contributed by atoms with Crippen molar-refractivity contribution in [1.82, 2.24) is 5.32 Å². The monoisotopic (exact) mass is 345 g/mol. The van der Waals surface area contributed by atoms with Gasteiger partial charge in [0.2, 0.25) is 0 Å². The van der Waals surface area contributed by atoms with E-state index in [0.717, 1.165) is 15.4 Å². The van der Waals surface area contributed by atoms with Crippen LogP contribution in [0.25, 0.3) is 0 Å². The summed E-state index contributed by atoms with van der Waals surface area (Å²) in [6, 6.07) is 6.29. The van der Waals surface area contributed by atoms with Gasteiger partial charge in [-0.25, -0.2) is 8.78 Å². The lowest BCUT2D eigenvalue weighted by Crippen LogP contribution is -2.19. The average Bonchev–Trinajstić information content (AvgIpc) is 2.70. The van der Waals surface area contributed by atoms with Crippen molar-refractivity contribution in [2.24, 2.45) is 0 Å². The van der Waals surface area contributed by atoms with Crippen molar-refractivity contribution >= 4 is 27.3 Å². The van der Waals surface area contributed by atoms with Crippen molar-refractivity contribution < 1.29 is 8.78 Å². The molecule has 0 bridgehead atoms. The van der Waals surface area contributed by atoms with Crippen molar-refractivity contribution in [2.45, 2.75) is 19.4 Å². The van der Waals surface area contributed by atoms with Gasteiger partial charge >= 0.3 is 0 Å². The Morgan fingerprint density at radius 3 is 2.68 bits per heavy atom. The molecule has 0 aliphatic carbocycles. The van der Waals surface area contributed by atoms with Crippen LogP contribution in [0.1, 0.15) is 21.4 Å². The van der Waals surface area contributed by atoms with Gasteiger partial charge in [-0.3, -0.25) is 0 Å². The van der Waals surface area contributed by atoms with Gasteiger partial charge in [-0.15, -0.1) is 11.3 Å². The Hall–Kier alpha value is -0.780. The topological polar surface area (TPSA) is 12.0 Å². The van der Waals surface area contributed by atoms with E-state index in [9.17, 15) is 8.78 Å². The maximum Gasteiger partial charge on any atom is 0.162 e. The molecule has 2 rings (SSSR count). The van der Waals surface area contributed by atoms with E-state index in [-0.39, 0.29) is 6.04 Å². The largest absolute Gasteiger partial charge is 0.312 e. The van der Waals surface area contributed by atoms with Gasteiger partial charge in [-0.1, -0.05) is 12.1 Å². The van der Waals surface area contributed by atoms with Crippen molar-refractivity contribution in [3.8, 4) is 0 Å². The van der Waals surface area contributed by atoms with E-state index in [1.54, 1.807) is 17.4 Å². The first kappa shape index (κ1) is 14.6. The van der Waals surface area contributed by atoms with E-state index in [0.29, 0.717) is 12.0 Å². The molecule has 0 aliphatic rings. The molecule has 1 N–H and O–H groups in total. The Labute approximate surface area is 123 Å². The van der Waals surface area contributed by atoms with E-state index in [4.69, 9.17) is 0 Å². The predicted octanol–water partition coefficient (Wildman–Crippen LogP) is 4.60. The molecule has 1 aromatic carbocycles. The summed E-state index contributed by atoms with van der Waals surface area (Å²) in [6.45, 7) is 2.02. The summed E-state index contributed by atoms with van der Waals surface area (Å²) in [4.78, 5) is 2.28. The number of aryl methyl sites for hydroxylation is 1. The number of thiophene rings is 1. The highest BCUT2D eigenvalue weighted by Crippen LogP contribution is 2.34.